The second-order valence-corrected chi connectivity index (χ2v) is 9.55. The van der Waals surface area contributed by atoms with E-state index in [1.54, 1.807) is 6.29 Å². The molecule has 0 spiro atoms. The molecule has 2 nitrogen and oxygen atoms in total. The van der Waals surface area contributed by atoms with Crippen molar-refractivity contribution >= 4 is 6.29 Å². The van der Waals surface area contributed by atoms with E-state index in [2.05, 4.69) is 6.92 Å². The van der Waals surface area contributed by atoms with Gasteiger partial charge >= 0.3 is 0 Å². The lowest BCUT2D eigenvalue weighted by Gasteiger charge is -2.04. The van der Waals surface area contributed by atoms with E-state index >= 15 is 0 Å². The molecular formula is C28H55O2. The summed E-state index contributed by atoms with van der Waals surface area (Å²) in [5.41, 5.74) is 0. The van der Waals surface area contributed by atoms with Gasteiger partial charge in [0, 0.05) is 0 Å². The molecule has 0 amide bonds. The zero-order valence-electron chi connectivity index (χ0n) is 20.6. The van der Waals surface area contributed by atoms with Crippen LogP contribution in [0.4, 0.5) is 0 Å². The highest BCUT2D eigenvalue weighted by atomic mass is 16.3. The molecule has 2 heteroatoms. The fraction of sp³-hybridized carbons (Fsp3) is 0.964. The average Bonchev–Trinajstić information content (AvgIpc) is 2.76. The minimum atomic E-state index is -0.857. The largest absolute Gasteiger partial charge is 0.385 e. The lowest BCUT2D eigenvalue weighted by Crippen LogP contribution is -2.06. The first-order valence-electron chi connectivity index (χ1n) is 13.9. The zero-order valence-corrected chi connectivity index (χ0v) is 20.6. The van der Waals surface area contributed by atoms with E-state index in [4.69, 9.17) is 5.11 Å². The summed E-state index contributed by atoms with van der Waals surface area (Å²) in [6, 6.07) is 0. The highest BCUT2D eigenvalue weighted by molar-refractivity contribution is 5.56. The molecule has 0 aliphatic rings. The molecule has 0 bridgehead atoms. The standard InChI is InChI=1S/C28H55O2/c1-2-3-4-5-6-7-8-9-10-11-12-13-14-15-16-17-18-19-20-21-22-23-24-25-26-28(30)27-29/h28,30H,2-26H2,1H3. The van der Waals surface area contributed by atoms with Crippen molar-refractivity contribution in [2.45, 2.75) is 174 Å². The molecule has 0 saturated heterocycles. The molecule has 30 heavy (non-hydrogen) atoms. The zero-order chi connectivity index (χ0) is 22.0. The quantitative estimate of drug-likeness (QED) is 0.141. The molecule has 0 heterocycles. The summed E-state index contributed by atoms with van der Waals surface area (Å²) in [6.45, 7) is 2.29. The van der Waals surface area contributed by atoms with E-state index in [1.165, 1.54) is 141 Å². The summed E-state index contributed by atoms with van der Waals surface area (Å²) in [5.74, 6) is 0. The Morgan fingerprint density at radius 2 is 0.700 bits per heavy atom. The summed E-state index contributed by atoms with van der Waals surface area (Å²) < 4.78 is 0. The van der Waals surface area contributed by atoms with Gasteiger partial charge in [-0.25, -0.2) is 0 Å². The summed E-state index contributed by atoms with van der Waals surface area (Å²) in [5, 5.41) is 9.11. The highest BCUT2D eigenvalue weighted by Crippen LogP contribution is 2.15. The Kier molecular flexibility index (Phi) is 26.3. The Morgan fingerprint density at radius 1 is 0.467 bits per heavy atom. The SMILES string of the molecule is CCCCCCCCCCCCCCCCCCCCCCCCCCC(O)[C]=O. The van der Waals surface area contributed by atoms with E-state index in [0.717, 1.165) is 12.8 Å². The van der Waals surface area contributed by atoms with Crippen LogP contribution in [0.25, 0.3) is 0 Å². The Hall–Kier alpha value is -0.370. The number of hydrogen-bond acceptors (Lipinski definition) is 2. The molecular weight excluding hydrogens is 368 g/mol. The molecule has 1 atom stereocenters. The van der Waals surface area contributed by atoms with E-state index in [-0.39, 0.29) is 0 Å². The van der Waals surface area contributed by atoms with Crippen molar-refractivity contribution in [3.05, 3.63) is 0 Å². The Bertz CT molecular complexity index is 316. The Balaban J connectivity index is 3.01. The van der Waals surface area contributed by atoms with Gasteiger partial charge in [0.2, 0.25) is 6.29 Å². The maximum absolute atomic E-state index is 10.2. The first-order chi connectivity index (χ1) is 14.8. The minimum Gasteiger partial charge on any atom is -0.385 e. The molecule has 0 saturated carbocycles. The summed E-state index contributed by atoms with van der Waals surface area (Å²) in [7, 11) is 0. The molecule has 0 aliphatic carbocycles. The fourth-order valence-corrected chi connectivity index (χ4v) is 4.36. The van der Waals surface area contributed by atoms with Crippen molar-refractivity contribution in [2.75, 3.05) is 0 Å². The first-order valence-corrected chi connectivity index (χ1v) is 13.9. The van der Waals surface area contributed by atoms with Gasteiger partial charge in [-0.2, -0.15) is 0 Å². The van der Waals surface area contributed by atoms with Gasteiger partial charge in [0.05, 0.1) is 0 Å². The number of rotatable bonds is 26. The van der Waals surface area contributed by atoms with Gasteiger partial charge in [0.25, 0.3) is 0 Å². The maximum atomic E-state index is 10.2. The average molecular weight is 424 g/mol. The molecule has 1 radical (unpaired) electrons. The van der Waals surface area contributed by atoms with Gasteiger partial charge in [-0.05, 0) is 6.42 Å². The van der Waals surface area contributed by atoms with Gasteiger partial charge < -0.3 is 5.11 Å². The van der Waals surface area contributed by atoms with E-state index in [9.17, 15) is 4.79 Å². The third-order valence-corrected chi connectivity index (χ3v) is 6.47. The van der Waals surface area contributed by atoms with Crippen molar-refractivity contribution in [2.24, 2.45) is 0 Å². The number of hydrogen-bond donors (Lipinski definition) is 1. The van der Waals surface area contributed by atoms with Crippen molar-refractivity contribution in [1.29, 1.82) is 0 Å². The lowest BCUT2D eigenvalue weighted by molar-refractivity contribution is 0.219. The predicted octanol–water partition coefficient (Wildman–Crippen LogP) is 9.23. The van der Waals surface area contributed by atoms with Crippen LogP contribution >= 0.6 is 0 Å². The predicted molar refractivity (Wildman–Crippen MR) is 133 cm³/mol. The van der Waals surface area contributed by atoms with Crippen LogP contribution in [0.5, 0.6) is 0 Å². The summed E-state index contributed by atoms with van der Waals surface area (Å²) in [4.78, 5) is 10.2. The highest BCUT2D eigenvalue weighted by Gasteiger charge is 2.01. The van der Waals surface area contributed by atoms with Gasteiger partial charge in [0.15, 0.2) is 0 Å². The molecule has 0 aromatic carbocycles. The number of aliphatic hydroxyl groups is 1. The van der Waals surface area contributed by atoms with Gasteiger partial charge in [-0.1, -0.05) is 161 Å². The van der Waals surface area contributed by atoms with Gasteiger partial charge in [-0.15, -0.1) is 0 Å². The lowest BCUT2D eigenvalue weighted by atomic mass is 10.0. The number of unbranched alkanes of at least 4 members (excludes halogenated alkanes) is 23. The van der Waals surface area contributed by atoms with E-state index in [0.29, 0.717) is 6.42 Å². The number of carbonyl (C=O) groups excluding carboxylic acids is 1. The van der Waals surface area contributed by atoms with Crippen molar-refractivity contribution in [3.8, 4) is 0 Å². The molecule has 0 aromatic heterocycles. The second kappa shape index (κ2) is 26.7. The van der Waals surface area contributed by atoms with Crippen LogP contribution in [0.1, 0.15) is 167 Å². The van der Waals surface area contributed by atoms with Crippen LogP contribution in [0.3, 0.4) is 0 Å². The van der Waals surface area contributed by atoms with Gasteiger partial charge in [0.1, 0.15) is 6.10 Å². The fourth-order valence-electron chi connectivity index (χ4n) is 4.36. The van der Waals surface area contributed by atoms with Crippen LogP contribution in [0.2, 0.25) is 0 Å². The van der Waals surface area contributed by atoms with Crippen molar-refractivity contribution < 1.29 is 9.90 Å². The second-order valence-electron chi connectivity index (χ2n) is 9.55. The third kappa shape index (κ3) is 25.7. The topological polar surface area (TPSA) is 37.3 Å². The smallest absolute Gasteiger partial charge is 0.229 e. The van der Waals surface area contributed by atoms with Crippen LogP contribution in [-0.2, 0) is 4.79 Å². The monoisotopic (exact) mass is 423 g/mol. The summed E-state index contributed by atoms with van der Waals surface area (Å²) >= 11 is 0. The van der Waals surface area contributed by atoms with Crippen molar-refractivity contribution in [1.82, 2.24) is 0 Å². The Morgan fingerprint density at radius 3 is 0.933 bits per heavy atom. The Labute approximate surface area is 190 Å². The van der Waals surface area contributed by atoms with Crippen LogP contribution < -0.4 is 0 Å². The molecule has 1 N–H and O–H groups in total. The van der Waals surface area contributed by atoms with E-state index in [1.807, 2.05) is 0 Å². The molecule has 0 aliphatic heterocycles. The molecule has 0 rings (SSSR count). The maximum Gasteiger partial charge on any atom is 0.229 e. The van der Waals surface area contributed by atoms with Crippen LogP contribution in [-0.4, -0.2) is 17.5 Å². The third-order valence-electron chi connectivity index (χ3n) is 6.47. The number of aliphatic hydroxyl groups excluding tert-OH is 1. The van der Waals surface area contributed by atoms with Crippen LogP contribution in [0, 0.1) is 0 Å². The molecule has 0 fully saturated rings. The van der Waals surface area contributed by atoms with Crippen molar-refractivity contribution in [3.63, 3.8) is 0 Å². The van der Waals surface area contributed by atoms with Gasteiger partial charge in [-0.3, -0.25) is 4.79 Å². The minimum absolute atomic E-state index is 0.586. The van der Waals surface area contributed by atoms with Crippen LogP contribution in [0.15, 0.2) is 0 Å². The first kappa shape index (κ1) is 29.6. The normalized spacial score (nSPS) is 12.3. The summed E-state index contributed by atoms with van der Waals surface area (Å²) in [6.07, 6.45) is 34.7. The molecule has 1 unspecified atom stereocenters. The van der Waals surface area contributed by atoms with E-state index < -0.39 is 6.10 Å². The molecule has 179 valence electrons. The molecule has 0 aromatic rings.